The first-order chi connectivity index (χ1) is 12.9. The number of rotatable bonds is 5. The minimum atomic E-state index is -3.10. The van der Waals surface area contributed by atoms with Gasteiger partial charge in [0.15, 0.2) is 12.7 Å². The van der Waals surface area contributed by atoms with Crippen LogP contribution in [0, 0.1) is 0 Å². The van der Waals surface area contributed by atoms with Gasteiger partial charge in [0.25, 0.3) is 0 Å². The molecule has 0 bridgehead atoms. The Morgan fingerprint density at radius 2 is 1.63 bits per heavy atom. The molecule has 142 valence electrons. The molecule has 0 aliphatic carbocycles. The SMILES string of the molecule is CCOC(=O)C1(C)C=C(P(=O)(c2ccccc2)c2ccccc2)CC(C)O1. The van der Waals surface area contributed by atoms with Crippen molar-refractivity contribution in [2.75, 3.05) is 6.61 Å². The molecule has 1 heterocycles. The van der Waals surface area contributed by atoms with Gasteiger partial charge < -0.3 is 14.0 Å². The number of ether oxygens (including phenoxy) is 2. The summed E-state index contributed by atoms with van der Waals surface area (Å²) < 4.78 is 25.6. The number of carbonyl (C=O) groups excluding carboxylic acids is 1. The highest BCUT2D eigenvalue weighted by Crippen LogP contribution is 2.55. The lowest BCUT2D eigenvalue weighted by atomic mass is 10.0. The summed E-state index contributed by atoms with van der Waals surface area (Å²) in [6.07, 6.45) is 1.96. The van der Waals surface area contributed by atoms with Crippen LogP contribution in [0.15, 0.2) is 72.1 Å². The maximum atomic E-state index is 14.5. The zero-order chi connectivity index (χ0) is 19.5. The average Bonchev–Trinajstić information content (AvgIpc) is 2.68. The van der Waals surface area contributed by atoms with E-state index >= 15 is 0 Å². The van der Waals surface area contributed by atoms with Gasteiger partial charge in [-0.25, -0.2) is 4.79 Å². The fourth-order valence-electron chi connectivity index (χ4n) is 3.52. The summed E-state index contributed by atoms with van der Waals surface area (Å²) in [4.78, 5) is 12.5. The van der Waals surface area contributed by atoms with Crippen molar-refractivity contribution in [3.05, 3.63) is 72.1 Å². The molecular weight excluding hydrogens is 359 g/mol. The third kappa shape index (κ3) is 3.78. The first kappa shape index (κ1) is 19.6. The smallest absolute Gasteiger partial charge is 0.342 e. The van der Waals surface area contributed by atoms with Crippen molar-refractivity contribution in [1.29, 1.82) is 0 Å². The molecule has 27 heavy (non-hydrogen) atoms. The van der Waals surface area contributed by atoms with Gasteiger partial charge in [-0.3, -0.25) is 0 Å². The molecule has 0 aromatic heterocycles. The van der Waals surface area contributed by atoms with Gasteiger partial charge in [0.1, 0.15) is 0 Å². The molecule has 4 nitrogen and oxygen atoms in total. The van der Waals surface area contributed by atoms with E-state index in [-0.39, 0.29) is 12.7 Å². The molecule has 0 saturated heterocycles. The predicted octanol–water partition coefficient (Wildman–Crippen LogP) is 4.02. The summed E-state index contributed by atoms with van der Waals surface area (Å²) >= 11 is 0. The largest absolute Gasteiger partial charge is 0.464 e. The van der Waals surface area contributed by atoms with Crippen LogP contribution in [0.3, 0.4) is 0 Å². The topological polar surface area (TPSA) is 52.6 Å². The molecular formula is C22H25O4P. The summed E-state index contributed by atoms with van der Waals surface area (Å²) in [6, 6.07) is 18.9. The van der Waals surface area contributed by atoms with Crippen molar-refractivity contribution in [2.45, 2.75) is 38.9 Å². The molecule has 5 heteroatoms. The molecule has 0 N–H and O–H groups in total. The first-order valence-electron chi connectivity index (χ1n) is 9.19. The minimum Gasteiger partial charge on any atom is -0.464 e. The Morgan fingerprint density at radius 3 is 2.11 bits per heavy atom. The Kier molecular flexibility index (Phi) is 5.69. The van der Waals surface area contributed by atoms with Gasteiger partial charge in [-0.05, 0) is 32.2 Å². The van der Waals surface area contributed by atoms with Crippen LogP contribution in [0.5, 0.6) is 0 Å². The lowest BCUT2D eigenvalue weighted by Crippen LogP contribution is -2.44. The van der Waals surface area contributed by atoms with Gasteiger partial charge in [0.05, 0.1) is 12.7 Å². The molecule has 2 atom stereocenters. The van der Waals surface area contributed by atoms with Crippen LogP contribution in [-0.4, -0.2) is 24.3 Å². The number of hydrogen-bond acceptors (Lipinski definition) is 4. The van der Waals surface area contributed by atoms with E-state index in [9.17, 15) is 9.36 Å². The normalized spacial score (nSPS) is 22.8. The van der Waals surface area contributed by atoms with E-state index in [2.05, 4.69) is 0 Å². The number of hydrogen-bond donors (Lipinski definition) is 0. The van der Waals surface area contributed by atoms with Gasteiger partial charge in [0, 0.05) is 17.0 Å². The Bertz CT molecular complexity index is 832. The van der Waals surface area contributed by atoms with Crippen molar-refractivity contribution in [3.8, 4) is 0 Å². The summed E-state index contributed by atoms with van der Waals surface area (Å²) in [5, 5.41) is 2.24. The van der Waals surface area contributed by atoms with Gasteiger partial charge in [-0.1, -0.05) is 60.7 Å². The second kappa shape index (κ2) is 7.84. The van der Waals surface area contributed by atoms with Crippen LogP contribution >= 0.6 is 7.14 Å². The van der Waals surface area contributed by atoms with Crippen molar-refractivity contribution in [2.24, 2.45) is 0 Å². The monoisotopic (exact) mass is 384 g/mol. The van der Waals surface area contributed by atoms with E-state index in [1.165, 1.54) is 0 Å². The zero-order valence-electron chi connectivity index (χ0n) is 15.9. The zero-order valence-corrected chi connectivity index (χ0v) is 16.8. The third-order valence-corrected chi connectivity index (χ3v) is 7.88. The maximum Gasteiger partial charge on any atom is 0.342 e. The Balaban J connectivity index is 2.19. The molecule has 0 fully saturated rings. The van der Waals surface area contributed by atoms with E-state index in [0.29, 0.717) is 6.42 Å². The Labute approximate surface area is 160 Å². The summed E-state index contributed by atoms with van der Waals surface area (Å²) in [5.74, 6) is -0.457. The van der Waals surface area contributed by atoms with Gasteiger partial charge in [-0.15, -0.1) is 0 Å². The highest BCUT2D eigenvalue weighted by atomic mass is 31.2. The van der Waals surface area contributed by atoms with Crippen molar-refractivity contribution < 1.29 is 18.8 Å². The van der Waals surface area contributed by atoms with Crippen molar-refractivity contribution in [3.63, 3.8) is 0 Å². The minimum absolute atomic E-state index is 0.250. The first-order valence-corrected chi connectivity index (χ1v) is 10.9. The number of benzene rings is 2. The third-order valence-electron chi connectivity index (χ3n) is 4.71. The second-order valence-electron chi connectivity index (χ2n) is 6.88. The fraction of sp³-hybridized carbons (Fsp3) is 0.318. The maximum absolute atomic E-state index is 14.5. The molecule has 0 spiro atoms. The van der Waals surface area contributed by atoms with Crippen LogP contribution < -0.4 is 10.6 Å². The molecule has 0 saturated carbocycles. The molecule has 2 unspecified atom stereocenters. The van der Waals surface area contributed by atoms with Gasteiger partial charge in [-0.2, -0.15) is 0 Å². The van der Waals surface area contributed by atoms with E-state index in [1.54, 1.807) is 19.9 Å². The molecule has 2 aromatic rings. The highest BCUT2D eigenvalue weighted by molar-refractivity contribution is 7.82. The molecule has 2 aromatic carbocycles. The standard InChI is InChI=1S/C22H25O4P/c1-4-25-21(23)22(3)16-20(15-17(2)26-22)27(24,18-11-7-5-8-12-18)19-13-9-6-10-14-19/h5-14,16-17H,4,15H2,1-3H3. The Hall–Kier alpha value is -2.16. The van der Waals surface area contributed by atoms with Crippen molar-refractivity contribution >= 4 is 23.7 Å². The van der Waals surface area contributed by atoms with E-state index in [4.69, 9.17) is 9.47 Å². The van der Waals surface area contributed by atoms with Crippen molar-refractivity contribution in [1.82, 2.24) is 0 Å². The molecule has 3 rings (SSSR count). The predicted molar refractivity (Wildman–Crippen MR) is 108 cm³/mol. The molecule has 0 radical (unpaired) electrons. The van der Waals surface area contributed by atoms with Crippen LogP contribution in [0.1, 0.15) is 27.2 Å². The average molecular weight is 384 g/mol. The summed E-state index contributed by atoms with van der Waals surface area (Å²) in [6.45, 7) is 5.60. The number of esters is 1. The number of carbonyl (C=O) groups is 1. The van der Waals surface area contributed by atoms with Gasteiger partial charge >= 0.3 is 5.97 Å². The van der Waals surface area contributed by atoms with Crippen LogP contribution in [0.25, 0.3) is 0 Å². The van der Waals surface area contributed by atoms with E-state index in [0.717, 1.165) is 15.9 Å². The summed E-state index contributed by atoms with van der Waals surface area (Å²) in [5.41, 5.74) is -1.25. The summed E-state index contributed by atoms with van der Waals surface area (Å²) in [7, 11) is -3.10. The lowest BCUT2D eigenvalue weighted by Gasteiger charge is -2.36. The highest BCUT2D eigenvalue weighted by Gasteiger charge is 2.44. The van der Waals surface area contributed by atoms with Crippen LogP contribution in [0.4, 0.5) is 0 Å². The molecule has 1 aliphatic heterocycles. The van der Waals surface area contributed by atoms with Gasteiger partial charge in [0.2, 0.25) is 0 Å². The quantitative estimate of drug-likeness (QED) is 0.577. The fourth-order valence-corrected chi connectivity index (χ4v) is 6.61. The van der Waals surface area contributed by atoms with Crippen LogP contribution in [-0.2, 0) is 18.8 Å². The molecule has 1 aliphatic rings. The Morgan fingerprint density at radius 1 is 1.11 bits per heavy atom. The van der Waals surface area contributed by atoms with E-state index < -0.39 is 18.7 Å². The van der Waals surface area contributed by atoms with Crippen LogP contribution in [0.2, 0.25) is 0 Å². The lowest BCUT2D eigenvalue weighted by molar-refractivity contribution is -0.170. The van der Waals surface area contributed by atoms with E-state index in [1.807, 2.05) is 67.6 Å². The second-order valence-corrected chi connectivity index (χ2v) is 9.70. The molecule has 0 amide bonds.